The molecule has 0 bridgehead atoms. The minimum atomic E-state index is -0.1000. The minimum absolute atomic E-state index is 0.00492. The first-order valence-electron chi connectivity index (χ1n) is 17.3. The van der Waals surface area contributed by atoms with E-state index in [1.165, 1.54) is 38.9 Å². The van der Waals surface area contributed by atoms with E-state index in [1.807, 2.05) is 24.5 Å². The summed E-state index contributed by atoms with van der Waals surface area (Å²) in [5.41, 5.74) is 13.6. The van der Waals surface area contributed by atoms with Crippen LogP contribution >= 0.6 is 0 Å². The molecule has 3 heteroatoms. The van der Waals surface area contributed by atoms with Crippen molar-refractivity contribution in [3.05, 3.63) is 191 Å². The van der Waals surface area contributed by atoms with Gasteiger partial charge >= 0.3 is 0 Å². The van der Waals surface area contributed by atoms with Crippen molar-refractivity contribution in [2.45, 2.75) is 46.0 Å². The lowest BCUT2D eigenvalue weighted by molar-refractivity contribution is 0.482. The fourth-order valence-electron chi connectivity index (χ4n) is 6.85. The standard InChI is InChI=1S/C47H42N2O/c1-32-15-13-16-33(2)45(32)37-27-36(44-31-38(24-26-49-44)47(3,4)5)29-40(30-37)50-39-20-14-19-35(28-39)46(43-23-11-12-25-48-43)42-22-10-9-21-41(42)34-17-7-6-8-18-34/h6-31,46H,1-5H3/t46-/m0/s1. The summed E-state index contributed by atoms with van der Waals surface area (Å²) < 4.78 is 6.81. The van der Waals surface area contributed by atoms with Crippen LogP contribution in [-0.2, 0) is 5.41 Å². The zero-order chi connectivity index (χ0) is 34.7. The van der Waals surface area contributed by atoms with Crippen LogP contribution in [-0.4, -0.2) is 9.97 Å². The van der Waals surface area contributed by atoms with Gasteiger partial charge in [0.2, 0.25) is 0 Å². The number of nitrogens with zero attached hydrogens (tertiary/aromatic N) is 2. The molecule has 0 fully saturated rings. The average molecular weight is 651 g/mol. The van der Waals surface area contributed by atoms with Crippen LogP contribution in [0.3, 0.4) is 0 Å². The normalized spacial score (nSPS) is 12.0. The fraction of sp³-hybridized carbons (Fsp3) is 0.149. The van der Waals surface area contributed by atoms with E-state index in [-0.39, 0.29) is 11.3 Å². The van der Waals surface area contributed by atoms with Crippen LogP contribution in [0.25, 0.3) is 33.5 Å². The largest absolute Gasteiger partial charge is 0.457 e. The van der Waals surface area contributed by atoms with Crippen molar-refractivity contribution in [1.82, 2.24) is 9.97 Å². The topological polar surface area (TPSA) is 35.0 Å². The molecule has 0 saturated carbocycles. The van der Waals surface area contributed by atoms with E-state index in [0.717, 1.165) is 39.6 Å². The molecule has 50 heavy (non-hydrogen) atoms. The molecule has 3 nitrogen and oxygen atoms in total. The van der Waals surface area contributed by atoms with E-state index >= 15 is 0 Å². The molecule has 0 radical (unpaired) electrons. The second-order valence-electron chi connectivity index (χ2n) is 14.0. The smallest absolute Gasteiger partial charge is 0.128 e. The first kappa shape index (κ1) is 32.7. The van der Waals surface area contributed by atoms with Crippen molar-refractivity contribution in [1.29, 1.82) is 0 Å². The molecule has 7 rings (SSSR count). The van der Waals surface area contributed by atoms with Crippen LogP contribution < -0.4 is 4.74 Å². The highest BCUT2D eigenvalue weighted by Gasteiger charge is 2.22. The zero-order valence-corrected chi connectivity index (χ0v) is 29.4. The molecule has 0 aliphatic rings. The third-order valence-corrected chi connectivity index (χ3v) is 9.37. The molecule has 1 atom stereocenters. The van der Waals surface area contributed by atoms with Gasteiger partial charge < -0.3 is 4.74 Å². The first-order valence-corrected chi connectivity index (χ1v) is 17.3. The summed E-state index contributed by atoms with van der Waals surface area (Å²) >= 11 is 0. The molecular weight excluding hydrogens is 609 g/mol. The molecule has 5 aromatic carbocycles. The lowest BCUT2D eigenvalue weighted by Crippen LogP contribution is -2.11. The van der Waals surface area contributed by atoms with Gasteiger partial charge in [-0.05, 0) is 124 Å². The van der Waals surface area contributed by atoms with Crippen LogP contribution in [0, 0.1) is 13.8 Å². The van der Waals surface area contributed by atoms with Crippen LogP contribution in [0.1, 0.15) is 60.2 Å². The average Bonchev–Trinajstić information content (AvgIpc) is 3.13. The van der Waals surface area contributed by atoms with Crippen LogP contribution in [0.5, 0.6) is 11.5 Å². The molecule has 0 amide bonds. The van der Waals surface area contributed by atoms with Crippen molar-refractivity contribution in [2.75, 3.05) is 0 Å². The van der Waals surface area contributed by atoms with Gasteiger partial charge in [-0.2, -0.15) is 0 Å². The van der Waals surface area contributed by atoms with Gasteiger partial charge in [0.15, 0.2) is 0 Å². The third-order valence-electron chi connectivity index (χ3n) is 9.37. The number of aromatic nitrogens is 2. The molecule has 0 spiro atoms. The van der Waals surface area contributed by atoms with Gasteiger partial charge in [-0.25, -0.2) is 0 Å². The fourth-order valence-corrected chi connectivity index (χ4v) is 6.85. The number of pyridine rings is 2. The molecule has 0 aliphatic heterocycles. The first-order chi connectivity index (χ1) is 24.2. The van der Waals surface area contributed by atoms with Crippen molar-refractivity contribution < 1.29 is 4.74 Å². The van der Waals surface area contributed by atoms with E-state index in [9.17, 15) is 0 Å². The van der Waals surface area contributed by atoms with E-state index in [0.29, 0.717) is 0 Å². The Morgan fingerprint density at radius 3 is 2.02 bits per heavy atom. The van der Waals surface area contributed by atoms with Crippen LogP contribution in [0.2, 0.25) is 0 Å². The van der Waals surface area contributed by atoms with Crippen molar-refractivity contribution in [3.8, 4) is 45.0 Å². The Bertz CT molecular complexity index is 2230. The lowest BCUT2D eigenvalue weighted by atomic mass is 9.83. The Balaban J connectivity index is 1.34. The molecule has 246 valence electrons. The van der Waals surface area contributed by atoms with E-state index in [4.69, 9.17) is 14.7 Å². The molecule has 0 unspecified atom stereocenters. The predicted molar refractivity (Wildman–Crippen MR) is 207 cm³/mol. The molecular formula is C47H42N2O. The number of rotatable bonds is 8. The van der Waals surface area contributed by atoms with Crippen LogP contribution in [0.4, 0.5) is 0 Å². The summed E-state index contributed by atoms with van der Waals surface area (Å²) in [5.74, 6) is 1.43. The number of ether oxygens (including phenoxy) is 1. The van der Waals surface area contributed by atoms with Crippen molar-refractivity contribution >= 4 is 0 Å². The third kappa shape index (κ3) is 6.99. The van der Waals surface area contributed by atoms with Crippen LogP contribution in [0.15, 0.2) is 158 Å². The predicted octanol–water partition coefficient (Wildman–Crippen LogP) is 12.4. The second kappa shape index (κ2) is 14.0. The summed E-state index contributed by atoms with van der Waals surface area (Å²) in [5, 5.41) is 0. The molecule has 0 saturated heterocycles. The highest BCUT2D eigenvalue weighted by Crippen LogP contribution is 2.40. The van der Waals surface area contributed by atoms with Gasteiger partial charge in [-0.15, -0.1) is 0 Å². The Kier molecular flexibility index (Phi) is 9.15. The van der Waals surface area contributed by atoms with Gasteiger partial charge in [-0.1, -0.05) is 112 Å². The number of aryl methyl sites for hydroxylation is 2. The second-order valence-corrected chi connectivity index (χ2v) is 14.0. The van der Waals surface area contributed by atoms with Crippen molar-refractivity contribution in [3.63, 3.8) is 0 Å². The monoisotopic (exact) mass is 650 g/mol. The molecule has 2 heterocycles. The Morgan fingerprint density at radius 2 is 1.26 bits per heavy atom. The lowest BCUT2D eigenvalue weighted by Gasteiger charge is -2.22. The molecule has 7 aromatic rings. The van der Waals surface area contributed by atoms with E-state index in [1.54, 1.807) is 0 Å². The molecule has 0 N–H and O–H groups in total. The van der Waals surface area contributed by atoms with Gasteiger partial charge in [-0.3, -0.25) is 9.97 Å². The van der Waals surface area contributed by atoms with Gasteiger partial charge in [0, 0.05) is 18.0 Å². The number of benzene rings is 5. The highest BCUT2D eigenvalue weighted by atomic mass is 16.5. The van der Waals surface area contributed by atoms with Gasteiger partial charge in [0.1, 0.15) is 11.5 Å². The maximum Gasteiger partial charge on any atom is 0.128 e. The van der Waals surface area contributed by atoms with Gasteiger partial charge in [0.25, 0.3) is 0 Å². The summed E-state index contributed by atoms with van der Waals surface area (Å²) in [6.45, 7) is 11.0. The van der Waals surface area contributed by atoms with Gasteiger partial charge in [0.05, 0.1) is 17.3 Å². The quantitative estimate of drug-likeness (QED) is 0.164. The highest BCUT2D eigenvalue weighted by molar-refractivity contribution is 5.78. The number of hydrogen-bond donors (Lipinski definition) is 0. The van der Waals surface area contributed by atoms with Crippen molar-refractivity contribution in [2.24, 2.45) is 0 Å². The maximum atomic E-state index is 6.81. The Morgan fingerprint density at radius 1 is 0.540 bits per heavy atom. The maximum absolute atomic E-state index is 6.81. The van der Waals surface area contributed by atoms with E-state index in [2.05, 4.69) is 168 Å². The SMILES string of the molecule is Cc1cccc(C)c1-c1cc(Oc2cccc([C@H](c3ccccn3)c3ccccc3-c3ccccc3)c2)cc(-c2cc(C(C)(C)C)ccn2)c1. The number of hydrogen-bond acceptors (Lipinski definition) is 3. The molecule has 0 aliphatic carbocycles. The summed E-state index contributed by atoms with van der Waals surface area (Å²) in [4.78, 5) is 9.69. The summed E-state index contributed by atoms with van der Waals surface area (Å²) in [6.07, 6.45) is 3.79. The molecule has 2 aromatic heterocycles. The summed E-state index contributed by atoms with van der Waals surface area (Å²) in [6, 6.07) is 51.1. The Hall–Kier alpha value is -5.80. The Labute approximate surface area is 296 Å². The van der Waals surface area contributed by atoms with E-state index < -0.39 is 0 Å². The summed E-state index contributed by atoms with van der Waals surface area (Å²) in [7, 11) is 0. The zero-order valence-electron chi connectivity index (χ0n) is 29.4. The minimum Gasteiger partial charge on any atom is -0.457 e.